The molecule has 0 fully saturated rings. The van der Waals surface area contributed by atoms with E-state index in [9.17, 15) is 4.79 Å². The van der Waals surface area contributed by atoms with Gasteiger partial charge in [-0.15, -0.1) is 11.3 Å². The van der Waals surface area contributed by atoms with Gasteiger partial charge in [0.25, 0.3) is 5.91 Å². The molecule has 0 aliphatic carbocycles. The van der Waals surface area contributed by atoms with Crippen LogP contribution in [0.4, 0.5) is 0 Å². The average molecular weight is 379 g/mol. The van der Waals surface area contributed by atoms with Crippen LogP contribution in [0.15, 0.2) is 72.8 Å². The molecule has 1 aromatic heterocycles. The van der Waals surface area contributed by atoms with Crippen molar-refractivity contribution in [3.05, 3.63) is 83.2 Å². The zero-order valence-corrected chi connectivity index (χ0v) is 16.5. The first-order chi connectivity index (χ1) is 13.3. The molecule has 0 aliphatic heterocycles. The molecule has 0 saturated heterocycles. The minimum Gasteiger partial charge on any atom is -0.351 e. The molecule has 3 aromatic rings. The summed E-state index contributed by atoms with van der Waals surface area (Å²) in [6, 6.07) is 24.6. The maximum absolute atomic E-state index is 12.4. The molecular weight excluding hydrogens is 352 g/mol. The van der Waals surface area contributed by atoms with E-state index < -0.39 is 0 Å². The van der Waals surface area contributed by atoms with Crippen molar-refractivity contribution in [1.82, 2.24) is 10.2 Å². The molecule has 0 aliphatic rings. The van der Waals surface area contributed by atoms with Gasteiger partial charge in [0, 0.05) is 24.5 Å². The third-order valence-corrected chi connectivity index (χ3v) is 5.65. The van der Waals surface area contributed by atoms with Gasteiger partial charge in [0.2, 0.25) is 0 Å². The van der Waals surface area contributed by atoms with Crippen molar-refractivity contribution in [3.63, 3.8) is 0 Å². The van der Waals surface area contributed by atoms with Crippen molar-refractivity contribution in [2.24, 2.45) is 0 Å². The Morgan fingerprint density at radius 1 is 0.963 bits per heavy atom. The summed E-state index contributed by atoms with van der Waals surface area (Å²) in [7, 11) is 0. The van der Waals surface area contributed by atoms with Gasteiger partial charge >= 0.3 is 0 Å². The van der Waals surface area contributed by atoms with E-state index in [1.807, 2.05) is 36.4 Å². The topological polar surface area (TPSA) is 32.3 Å². The van der Waals surface area contributed by atoms with E-state index in [0.29, 0.717) is 6.54 Å². The van der Waals surface area contributed by atoms with Crippen LogP contribution >= 0.6 is 11.3 Å². The fraction of sp³-hybridized carbons (Fsp3) is 0.261. The van der Waals surface area contributed by atoms with Crippen LogP contribution < -0.4 is 5.32 Å². The van der Waals surface area contributed by atoms with Crippen molar-refractivity contribution in [2.75, 3.05) is 19.6 Å². The second-order valence-electron chi connectivity index (χ2n) is 6.49. The van der Waals surface area contributed by atoms with Gasteiger partial charge < -0.3 is 5.32 Å². The number of hydrogen-bond donors (Lipinski definition) is 1. The number of benzene rings is 2. The predicted molar refractivity (Wildman–Crippen MR) is 114 cm³/mol. The molecule has 27 heavy (non-hydrogen) atoms. The highest BCUT2D eigenvalue weighted by molar-refractivity contribution is 7.17. The Labute approximate surface area is 165 Å². The van der Waals surface area contributed by atoms with Gasteiger partial charge in [0.05, 0.1) is 4.88 Å². The normalized spacial score (nSPS) is 10.9. The van der Waals surface area contributed by atoms with E-state index in [1.54, 1.807) is 11.3 Å². The molecule has 0 bridgehead atoms. The minimum absolute atomic E-state index is 0.0216. The summed E-state index contributed by atoms with van der Waals surface area (Å²) >= 11 is 1.54. The van der Waals surface area contributed by atoms with Crippen molar-refractivity contribution < 1.29 is 4.79 Å². The van der Waals surface area contributed by atoms with E-state index in [4.69, 9.17) is 0 Å². The molecule has 1 amide bonds. The van der Waals surface area contributed by atoms with Crippen LogP contribution in [0, 0.1) is 0 Å². The fourth-order valence-electron chi connectivity index (χ4n) is 3.00. The lowest BCUT2D eigenvalue weighted by atomic mass is 10.2. The Morgan fingerprint density at radius 2 is 1.67 bits per heavy atom. The minimum atomic E-state index is 0.0216. The zero-order chi connectivity index (χ0) is 18.9. The number of thiophene rings is 1. The number of rotatable bonds is 9. The van der Waals surface area contributed by atoms with Crippen molar-refractivity contribution in [2.45, 2.75) is 19.9 Å². The summed E-state index contributed by atoms with van der Waals surface area (Å²) in [6.07, 6.45) is 0.948. The smallest absolute Gasteiger partial charge is 0.261 e. The first-order valence-electron chi connectivity index (χ1n) is 9.46. The Bertz CT molecular complexity index is 830. The lowest BCUT2D eigenvalue weighted by Crippen LogP contribution is -2.29. The molecule has 3 rings (SSSR count). The molecule has 1 N–H and O–H groups in total. The van der Waals surface area contributed by atoms with Crippen LogP contribution in [0.25, 0.3) is 10.4 Å². The third-order valence-electron chi connectivity index (χ3n) is 4.52. The Balaban J connectivity index is 1.43. The van der Waals surface area contributed by atoms with Crippen LogP contribution in [-0.4, -0.2) is 30.4 Å². The van der Waals surface area contributed by atoms with Crippen molar-refractivity contribution >= 4 is 17.2 Å². The quantitative estimate of drug-likeness (QED) is 0.528. The molecule has 4 heteroatoms. The van der Waals surface area contributed by atoms with Crippen LogP contribution in [0.5, 0.6) is 0 Å². The lowest BCUT2D eigenvalue weighted by molar-refractivity contribution is 0.0955. The van der Waals surface area contributed by atoms with Crippen LogP contribution in [0.2, 0.25) is 0 Å². The largest absolute Gasteiger partial charge is 0.351 e. The number of hydrogen-bond acceptors (Lipinski definition) is 3. The Hall–Kier alpha value is -2.43. The van der Waals surface area contributed by atoms with Crippen LogP contribution in [-0.2, 0) is 6.54 Å². The predicted octanol–water partition coefficient (Wildman–Crippen LogP) is 5.06. The molecule has 0 radical (unpaired) electrons. The summed E-state index contributed by atoms with van der Waals surface area (Å²) in [5.41, 5.74) is 2.48. The summed E-state index contributed by atoms with van der Waals surface area (Å²) in [5.74, 6) is 0.0216. The zero-order valence-electron chi connectivity index (χ0n) is 15.7. The maximum Gasteiger partial charge on any atom is 0.261 e. The molecular formula is C23H26N2OS. The number of carbonyl (C=O) groups excluding carboxylic acids is 1. The maximum atomic E-state index is 12.4. The van der Waals surface area contributed by atoms with Gasteiger partial charge in [-0.25, -0.2) is 0 Å². The van der Waals surface area contributed by atoms with Gasteiger partial charge in [0.1, 0.15) is 0 Å². The first kappa shape index (κ1) is 19.3. The Kier molecular flexibility index (Phi) is 7.19. The highest BCUT2D eigenvalue weighted by Crippen LogP contribution is 2.27. The average Bonchev–Trinajstić information content (AvgIpc) is 3.22. The van der Waals surface area contributed by atoms with Gasteiger partial charge in [-0.2, -0.15) is 0 Å². The van der Waals surface area contributed by atoms with Gasteiger partial charge in [-0.1, -0.05) is 67.6 Å². The van der Waals surface area contributed by atoms with E-state index in [2.05, 4.69) is 53.5 Å². The molecule has 140 valence electrons. The van der Waals surface area contributed by atoms with Crippen molar-refractivity contribution in [1.29, 1.82) is 0 Å². The standard InChI is InChI=1S/C23H26N2OS/c1-2-25(18-19-10-5-3-6-11-19)17-9-16-24-23(26)22-15-14-21(27-22)20-12-7-4-8-13-20/h3-8,10-15H,2,9,16-18H2,1H3,(H,24,26). The number of nitrogens with zero attached hydrogens (tertiary/aromatic N) is 1. The lowest BCUT2D eigenvalue weighted by Gasteiger charge is -2.20. The SMILES string of the molecule is CCN(CCCNC(=O)c1ccc(-c2ccccc2)s1)Cc1ccccc1. The molecule has 0 saturated carbocycles. The second-order valence-corrected chi connectivity index (χ2v) is 7.58. The molecule has 0 atom stereocenters. The van der Waals surface area contributed by atoms with Gasteiger partial charge in [-0.3, -0.25) is 9.69 Å². The summed E-state index contributed by atoms with van der Waals surface area (Å²) in [5, 5.41) is 3.05. The van der Waals surface area contributed by atoms with Gasteiger partial charge in [0.15, 0.2) is 0 Å². The van der Waals surface area contributed by atoms with Crippen LogP contribution in [0.3, 0.4) is 0 Å². The van der Waals surface area contributed by atoms with E-state index >= 15 is 0 Å². The van der Waals surface area contributed by atoms with E-state index in [-0.39, 0.29) is 5.91 Å². The Morgan fingerprint density at radius 3 is 2.37 bits per heavy atom. The van der Waals surface area contributed by atoms with E-state index in [0.717, 1.165) is 41.4 Å². The molecule has 1 heterocycles. The van der Waals surface area contributed by atoms with E-state index in [1.165, 1.54) is 5.56 Å². The summed E-state index contributed by atoms with van der Waals surface area (Å²) in [4.78, 5) is 16.7. The molecule has 3 nitrogen and oxygen atoms in total. The molecule has 2 aromatic carbocycles. The second kappa shape index (κ2) is 10.0. The third kappa shape index (κ3) is 5.78. The monoisotopic (exact) mass is 378 g/mol. The van der Waals surface area contributed by atoms with Gasteiger partial charge in [-0.05, 0) is 36.2 Å². The first-order valence-corrected chi connectivity index (χ1v) is 10.3. The number of amides is 1. The molecule has 0 unspecified atom stereocenters. The fourth-order valence-corrected chi connectivity index (χ4v) is 3.93. The van der Waals surface area contributed by atoms with Crippen molar-refractivity contribution in [3.8, 4) is 10.4 Å². The highest BCUT2D eigenvalue weighted by Gasteiger charge is 2.10. The number of nitrogens with one attached hydrogen (secondary N) is 1. The molecule has 0 spiro atoms. The van der Waals surface area contributed by atoms with Crippen LogP contribution in [0.1, 0.15) is 28.6 Å². The highest BCUT2D eigenvalue weighted by atomic mass is 32.1. The number of carbonyl (C=O) groups is 1. The summed E-state index contributed by atoms with van der Waals surface area (Å²) in [6.45, 7) is 5.82. The summed E-state index contributed by atoms with van der Waals surface area (Å²) < 4.78 is 0.